The topological polar surface area (TPSA) is 116 Å². The Hall–Kier alpha value is -3.42. The smallest absolute Gasteiger partial charge is 0.293 e. The van der Waals surface area contributed by atoms with Crippen molar-refractivity contribution in [2.45, 2.75) is 6.42 Å². The van der Waals surface area contributed by atoms with Gasteiger partial charge in [0.15, 0.2) is 0 Å². The van der Waals surface area contributed by atoms with Gasteiger partial charge in [-0.25, -0.2) is 4.98 Å². The fourth-order valence-corrected chi connectivity index (χ4v) is 2.42. The number of carbonyl (C=O) groups is 1. The average Bonchev–Trinajstić information content (AvgIpc) is 2.97. The first-order chi connectivity index (χ1) is 11.5. The number of nitrogens with zero attached hydrogens (tertiary/aromatic N) is 3. The summed E-state index contributed by atoms with van der Waals surface area (Å²) < 4.78 is 1.92. The fourth-order valence-electron chi connectivity index (χ4n) is 2.42. The lowest BCUT2D eigenvalue weighted by Crippen LogP contribution is -2.12. The average molecular weight is 325 g/mol. The van der Waals surface area contributed by atoms with E-state index < -0.39 is 10.8 Å². The Labute approximate surface area is 137 Å². The Morgan fingerprint density at radius 1 is 1.33 bits per heavy atom. The number of rotatable bonds is 6. The van der Waals surface area contributed by atoms with Gasteiger partial charge in [-0.1, -0.05) is 6.07 Å². The van der Waals surface area contributed by atoms with Gasteiger partial charge < -0.3 is 15.5 Å². The number of anilines is 1. The maximum Gasteiger partial charge on any atom is 0.293 e. The van der Waals surface area contributed by atoms with Crippen LogP contribution in [0.5, 0.6) is 0 Å². The molecular weight excluding hydrogens is 310 g/mol. The molecule has 2 heterocycles. The number of nitro benzene ring substituents is 1. The number of nitrogens with one attached hydrogen (secondary N) is 1. The van der Waals surface area contributed by atoms with Crippen molar-refractivity contribution in [1.29, 1.82) is 0 Å². The summed E-state index contributed by atoms with van der Waals surface area (Å²) in [5.41, 5.74) is 7.15. The van der Waals surface area contributed by atoms with E-state index in [1.165, 1.54) is 18.2 Å². The van der Waals surface area contributed by atoms with E-state index in [4.69, 9.17) is 5.73 Å². The summed E-state index contributed by atoms with van der Waals surface area (Å²) in [5, 5.41) is 14.2. The first kappa shape index (κ1) is 15.5. The molecule has 1 amide bonds. The molecule has 8 heteroatoms. The van der Waals surface area contributed by atoms with Crippen LogP contribution < -0.4 is 11.1 Å². The lowest BCUT2D eigenvalue weighted by atomic mass is 10.1. The molecule has 24 heavy (non-hydrogen) atoms. The lowest BCUT2D eigenvalue weighted by molar-refractivity contribution is -0.384. The van der Waals surface area contributed by atoms with Gasteiger partial charge in [-0.2, -0.15) is 0 Å². The van der Waals surface area contributed by atoms with Crippen LogP contribution in [-0.4, -0.2) is 26.8 Å². The summed E-state index contributed by atoms with van der Waals surface area (Å²) in [6, 6.07) is 9.86. The molecule has 122 valence electrons. The van der Waals surface area contributed by atoms with E-state index in [0.717, 1.165) is 11.3 Å². The predicted molar refractivity (Wildman–Crippen MR) is 89.0 cm³/mol. The molecule has 0 aliphatic carbocycles. The second-order valence-electron chi connectivity index (χ2n) is 5.23. The second kappa shape index (κ2) is 6.37. The number of hydrogen-bond donors (Lipinski definition) is 2. The van der Waals surface area contributed by atoms with E-state index >= 15 is 0 Å². The van der Waals surface area contributed by atoms with E-state index in [1.54, 1.807) is 0 Å². The summed E-state index contributed by atoms with van der Waals surface area (Å²) in [6.07, 6.45) is 4.44. The van der Waals surface area contributed by atoms with Crippen molar-refractivity contribution in [2.75, 3.05) is 11.9 Å². The van der Waals surface area contributed by atoms with E-state index in [-0.39, 0.29) is 11.3 Å². The molecule has 3 aromatic rings. The molecule has 0 aliphatic rings. The molecule has 3 N–H and O–H groups in total. The van der Waals surface area contributed by atoms with Crippen LogP contribution in [0.3, 0.4) is 0 Å². The number of aromatic nitrogens is 2. The van der Waals surface area contributed by atoms with Gasteiger partial charge in [0.05, 0.1) is 10.6 Å². The highest BCUT2D eigenvalue weighted by Crippen LogP contribution is 2.25. The quantitative estimate of drug-likeness (QED) is 0.531. The maximum atomic E-state index is 11.1. The Balaban J connectivity index is 1.72. The summed E-state index contributed by atoms with van der Waals surface area (Å²) in [6.45, 7) is 0.473. The van der Waals surface area contributed by atoms with Crippen LogP contribution in [-0.2, 0) is 6.42 Å². The molecule has 0 unspecified atom stereocenters. The highest BCUT2D eigenvalue weighted by atomic mass is 16.6. The van der Waals surface area contributed by atoms with Crippen molar-refractivity contribution in [3.8, 4) is 0 Å². The fraction of sp³-hybridized carbons (Fsp3) is 0.125. The summed E-state index contributed by atoms with van der Waals surface area (Å²) in [4.78, 5) is 26.2. The SMILES string of the molecule is NC(=O)c1ccc(NCCc2cn3ccccc3n2)c([N+](=O)[O-])c1. The van der Waals surface area contributed by atoms with E-state index in [9.17, 15) is 14.9 Å². The van der Waals surface area contributed by atoms with Crippen molar-refractivity contribution >= 4 is 22.9 Å². The van der Waals surface area contributed by atoms with Gasteiger partial charge >= 0.3 is 0 Å². The summed E-state index contributed by atoms with van der Waals surface area (Å²) in [7, 11) is 0. The zero-order chi connectivity index (χ0) is 17.1. The first-order valence-electron chi connectivity index (χ1n) is 7.29. The number of fused-ring (bicyclic) bond motifs is 1. The number of imidazole rings is 1. The van der Waals surface area contributed by atoms with Crippen molar-refractivity contribution in [2.24, 2.45) is 5.73 Å². The third-order valence-corrected chi connectivity index (χ3v) is 3.59. The molecular formula is C16H15N5O3. The number of benzene rings is 1. The Bertz CT molecular complexity index is 886. The molecule has 8 nitrogen and oxygen atoms in total. The molecule has 0 spiro atoms. The van der Waals surface area contributed by atoms with Crippen LogP contribution in [0, 0.1) is 10.1 Å². The highest BCUT2D eigenvalue weighted by Gasteiger charge is 2.16. The van der Waals surface area contributed by atoms with E-state index in [1.807, 2.05) is 35.0 Å². The van der Waals surface area contributed by atoms with E-state index in [2.05, 4.69) is 10.3 Å². The van der Waals surface area contributed by atoms with Crippen LogP contribution in [0.4, 0.5) is 11.4 Å². The van der Waals surface area contributed by atoms with Gasteiger partial charge in [-0.3, -0.25) is 14.9 Å². The van der Waals surface area contributed by atoms with Gasteiger partial charge in [0, 0.05) is 37.0 Å². The summed E-state index contributed by atoms with van der Waals surface area (Å²) in [5.74, 6) is -0.700. The number of carbonyl (C=O) groups excluding carboxylic acids is 1. The van der Waals surface area contributed by atoms with Crippen molar-refractivity contribution in [1.82, 2.24) is 9.38 Å². The first-order valence-corrected chi connectivity index (χ1v) is 7.29. The molecule has 2 aromatic heterocycles. The van der Waals surface area contributed by atoms with Gasteiger partial charge in [-0.15, -0.1) is 0 Å². The maximum absolute atomic E-state index is 11.1. The van der Waals surface area contributed by atoms with Crippen LogP contribution in [0.2, 0.25) is 0 Å². The van der Waals surface area contributed by atoms with Gasteiger partial charge in [0.2, 0.25) is 5.91 Å². The number of nitro groups is 1. The van der Waals surface area contributed by atoms with Gasteiger partial charge in [0.25, 0.3) is 5.69 Å². The lowest BCUT2D eigenvalue weighted by Gasteiger charge is -2.07. The number of primary amides is 1. The molecule has 0 saturated carbocycles. The zero-order valence-electron chi connectivity index (χ0n) is 12.7. The largest absolute Gasteiger partial charge is 0.379 e. The van der Waals surface area contributed by atoms with Crippen molar-refractivity contribution in [3.05, 3.63) is 70.2 Å². The molecule has 1 aromatic carbocycles. The Morgan fingerprint density at radius 2 is 2.17 bits per heavy atom. The third-order valence-electron chi connectivity index (χ3n) is 3.59. The predicted octanol–water partition coefficient (Wildman–Crippen LogP) is 2.00. The van der Waals surface area contributed by atoms with Crippen molar-refractivity contribution in [3.63, 3.8) is 0 Å². The van der Waals surface area contributed by atoms with Crippen molar-refractivity contribution < 1.29 is 9.72 Å². The standard InChI is InChI=1S/C16H15N5O3/c17-16(22)11-4-5-13(14(9-11)21(23)24)18-7-6-12-10-20-8-2-1-3-15(20)19-12/h1-5,8-10,18H,6-7H2,(H2,17,22). The minimum atomic E-state index is -0.700. The summed E-state index contributed by atoms with van der Waals surface area (Å²) >= 11 is 0. The second-order valence-corrected chi connectivity index (χ2v) is 5.23. The molecule has 0 radical (unpaired) electrons. The Morgan fingerprint density at radius 3 is 2.88 bits per heavy atom. The minimum absolute atomic E-state index is 0.104. The number of hydrogen-bond acceptors (Lipinski definition) is 5. The molecule has 0 bridgehead atoms. The Kier molecular flexibility index (Phi) is 4.11. The number of pyridine rings is 1. The molecule has 3 rings (SSSR count). The van der Waals surface area contributed by atoms with Crippen LogP contribution in [0.25, 0.3) is 5.65 Å². The number of amides is 1. The van der Waals surface area contributed by atoms with Crippen LogP contribution in [0.1, 0.15) is 16.1 Å². The third kappa shape index (κ3) is 3.17. The monoisotopic (exact) mass is 325 g/mol. The number of nitrogens with two attached hydrogens (primary N) is 1. The molecule has 0 saturated heterocycles. The van der Waals surface area contributed by atoms with Crippen LogP contribution >= 0.6 is 0 Å². The highest BCUT2D eigenvalue weighted by molar-refractivity contribution is 5.94. The molecule has 0 fully saturated rings. The normalized spacial score (nSPS) is 10.7. The minimum Gasteiger partial charge on any atom is -0.379 e. The molecule has 0 atom stereocenters. The van der Waals surface area contributed by atoms with Gasteiger partial charge in [-0.05, 0) is 24.3 Å². The van der Waals surface area contributed by atoms with E-state index in [0.29, 0.717) is 18.7 Å². The molecule has 0 aliphatic heterocycles. The van der Waals surface area contributed by atoms with Crippen LogP contribution in [0.15, 0.2) is 48.8 Å². The van der Waals surface area contributed by atoms with Gasteiger partial charge in [0.1, 0.15) is 11.3 Å². The zero-order valence-corrected chi connectivity index (χ0v) is 12.7.